The number of hydrogen-bond donors (Lipinski definition) is 1. The summed E-state index contributed by atoms with van der Waals surface area (Å²) in [6, 6.07) is 0. The molecule has 0 aliphatic heterocycles. The van der Waals surface area contributed by atoms with E-state index in [1.807, 2.05) is 18.4 Å². The van der Waals surface area contributed by atoms with E-state index in [0.29, 0.717) is 55.4 Å². The Morgan fingerprint density at radius 1 is 1.22 bits per heavy atom. The summed E-state index contributed by atoms with van der Waals surface area (Å²) in [6.45, 7) is 9.87. The molecule has 0 unspecified atom stereocenters. The molecule has 2 aromatic rings. The molecule has 1 amide bonds. The minimum absolute atomic E-state index is 0.0398. The molecule has 0 saturated carbocycles. The number of rotatable bonds is 9. The van der Waals surface area contributed by atoms with Crippen molar-refractivity contribution in [2.45, 2.75) is 66.5 Å². The first kappa shape index (κ1) is 20.9. The second-order valence-corrected chi connectivity index (χ2v) is 7.38. The first-order chi connectivity index (χ1) is 12.8. The van der Waals surface area contributed by atoms with Crippen molar-refractivity contribution < 1.29 is 4.79 Å². The van der Waals surface area contributed by atoms with Gasteiger partial charge >= 0.3 is 5.69 Å². The predicted octanol–water partition coefficient (Wildman–Crippen LogP) is 1.75. The highest BCUT2D eigenvalue weighted by Gasteiger charge is 2.20. The van der Waals surface area contributed by atoms with Crippen LogP contribution >= 0.6 is 0 Å². The van der Waals surface area contributed by atoms with Gasteiger partial charge in [-0.1, -0.05) is 27.2 Å². The van der Waals surface area contributed by atoms with E-state index in [2.05, 4.69) is 23.8 Å². The van der Waals surface area contributed by atoms with Crippen molar-refractivity contribution in [1.82, 2.24) is 24.0 Å². The number of carbonyl (C=O) groups is 1. The summed E-state index contributed by atoms with van der Waals surface area (Å²) in [5.41, 5.74) is -0.00233. The molecule has 0 aliphatic carbocycles. The molecule has 0 fully saturated rings. The highest BCUT2D eigenvalue weighted by Crippen LogP contribution is 2.16. The summed E-state index contributed by atoms with van der Waals surface area (Å²) in [7, 11) is 1.77. The van der Waals surface area contributed by atoms with Crippen LogP contribution < -0.4 is 11.2 Å². The van der Waals surface area contributed by atoms with Gasteiger partial charge in [-0.15, -0.1) is 0 Å². The molecule has 0 spiro atoms. The van der Waals surface area contributed by atoms with Crippen LogP contribution in [-0.4, -0.2) is 43.5 Å². The lowest BCUT2D eigenvalue weighted by atomic mass is 10.2. The van der Waals surface area contributed by atoms with Gasteiger partial charge in [0.15, 0.2) is 11.2 Å². The Hall–Kier alpha value is -2.38. The van der Waals surface area contributed by atoms with Crippen LogP contribution in [0.4, 0.5) is 0 Å². The SMILES string of the molecule is CCCCn1c(=O)[nH]c(=O)c2c1nc(CCC(=O)N(C)CC)n2CC(C)C. The number of fused-ring (bicyclic) bond motifs is 1. The Bertz CT molecular complexity index is 906. The van der Waals surface area contributed by atoms with Crippen molar-refractivity contribution >= 4 is 17.1 Å². The van der Waals surface area contributed by atoms with Crippen molar-refractivity contribution in [3.63, 3.8) is 0 Å². The first-order valence-corrected chi connectivity index (χ1v) is 9.76. The summed E-state index contributed by atoms with van der Waals surface area (Å²) in [5, 5.41) is 0. The van der Waals surface area contributed by atoms with Gasteiger partial charge in [0.1, 0.15) is 5.82 Å². The summed E-state index contributed by atoms with van der Waals surface area (Å²) in [5.74, 6) is 1.02. The van der Waals surface area contributed by atoms with E-state index >= 15 is 0 Å². The second-order valence-electron chi connectivity index (χ2n) is 7.38. The molecule has 0 atom stereocenters. The number of amides is 1. The zero-order chi connectivity index (χ0) is 20.1. The van der Waals surface area contributed by atoms with E-state index in [-0.39, 0.29) is 5.91 Å². The zero-order valence-corrected chi connectivity index (χ0v) is 17.0. The number of nitrogens with one attached hydrogen (secondary N) is 1. The van der Waals surface area contributed by atoms with E-state index in [4.69, 9.17) is 0 Å². The number of imidazole rings is 1. The lowest BCUT2D eigenvalue weighted by Gasteiger charge is -2.15. The van der Waals surface area contributed by atoms with Gasteiger partial charge in [-0.2, -0.15) is 0 Å². The number of hydrogen-bond acceptors (Lipinski definition) is 4. The fourth-order valence-electron chi connectivity index (χ4n) is 3.08. The highest BCUT2D eigenvalue weighted by atomic mass is 16.2. The van der Waals surface area contributed by atoms with Crippen molar-refractivity contribution in [2.75, 3.05) is 13.6 Å². The summed E-state index contributed by atoms with van der Waals surface area (Å²) in [6.07, 6.45) is 2.52. The van der Waals surface area contributed by atoms with Gasteiger partial charge in [-0.3, -0.25) is 19.1 Å². The predicted molar refractivity (Wildman–Crippen MR) is 106 cm³/mol. The average molecular weight is 377 g/mol. The summed E-state index contributed by atoms with van der Waals surface area (Å²) < 4.78 is 3.42. The van der Waals surface area contributed by atoms with Gasteiger partial charge in [-0.05, 0) is 19.3 Å². The molecule has 0 bridgehead atoms. The van der Waals surface area contributed by atoms with Crippen LogP contribution in [0.1, 0.15) is 52.8 Å². The molecule has 2 aromatic heterocycles. The number of aryl methyl sites for hydroxylation is 2. The maximum Gasteiger partial charge on any atom is 0.330 e. The third kappa shape index (κ3) is 4.67. The highest BCUT2D eigenvalue weighted by molar-refractivity contribution is 5.76. The maximum atomic E-state index is 12.5. The summed E-state index contributed by atoms with van der Waals surface area (Å²) in [4.78, 5) is 45.7. The molecular formula is C19H31N5O3. The van der Waals surface area contributed by atoms with Crippen LogP contribution in [0.15, 0.2) is 9.59 Å². The Labute approximate surface area is 159 Å². The minimum atomic E-state index is -0.427. The molecule has 0 saturated heterocycles. The smallest absolute Gasteiger partial charge is 0.330 e. The quantitative estimate of drug-likeness (QED) is 0.720. The standard InChI is InChI=1S/C19H31N5O3/c1-6-8-11-23-17-16(18(26)21-19(23)27)24(12-13(3)4)14(20-17)9-10-15(25)22(5)7-2/h13H,6-12H2,1-5H3,(H,21,26,27). The van der Waals surface area contributed by atoms with E-state index in [1.54, 1.807) is 16.5 Å². The lowest BCUT2D eigenvalue weighted by molar-refractivity contribution is -0.129. The molecule has 0 aliphatic rings. The number of unbranched alkanes of at least 4 members (excludes halogenated alkanes) is 1. The number of aromatic nitrogens is 4. The lowest BCUT2D eigenvalue weighted by Crippen LogP contribution is -2.31. The van der Waals surface area contributed by atoms with Crippen LogP contribution in [0.5, 0.6) is 0 Å². The van der Waals surface area contributed by atoms with Crippen LogP contribution in [0, 0.1) is 5.92 Å². The molecule has 8 heteroatoms. The number of nitrogens with zero attached hydrogens (tertiary/aromatic N) is 4. The molecule has 0 radical (unpaired) electrons. The molecule has 0 aromatic carbocycles. The number of aromatic amines is 1. The Kier molecular flexibility index (Phi) is 6.98. The molecule has 2 rings (SSSR count). The van der Waals surface area contributed by atoms with Crippen molar-refractivity contribution in [2.24, 2.45) is 5.92 Å². The van der Waals surface area contributed by atoms with Crippen molar-refractivity contribution in [3.05, 3.63) is 26.7 Å². The maximum absolute atomic E-state index is 12.5. The Morgan fingerprint density at radius 3 is 2.52 bits per heavy atom. The Morgan fingerprint density at radius 2 is 1.93 bits per heavy atom. The van der Waals surface area contributed by atoms with Crippen LogP contribution in [0.2, 0.25) is 0 Å². The van der Waals surface area contributed by atoms with Crippen LogP contribution in [0.25, 0.3) is 11.2 Å². The Balaban J connectivity index is 2.55. The third-order valence-corrected chi connectivity index (χ3v) is 4.71. The van der Waals surface area contributed by atoms with Crippen LogP contribution in [0.3, 0.4) is 0 Å². The zero-order valence-electron chi connectivity index (χ0n) is 17.0. The molecular weight excluding hydrogens is 346 g/mol. The second kappa shape index (κ2) is 9.01. The minimum Gasteiger partial charge on any atom is -0.346 e. The molecule has 1 N–H and O–H groups in total. The number of H-pyrrole nitrogens is 1. The largest absolute Gasteiger partial charge is 0.346 e. The van der Waals surface area contributed by atoms with Gasteiger partial charge in [-0.25, -0.2) is 9.78 Å². The van der Waals surface area contributed by atoms with Gasteiger partial charge in [0.2, 0.25) is 5.91 Å². The molecule has 2 heterocycles. The van der Waals surface area contributed by atoms with Crippen molar-refractivity contribution in [1.29, 1.82) is 0 Å². The summed E-state index contributed by atoms with van der Waals surface area (Å²) >= 11 is 0. The average Bonchev–Trinajstić information content (AvgIpc) is 2.96. The first-order valence-electron chi connectivity index (χ1n) is 9.76. The van der Waals surface area contributed by atoms with Gasteiger partial charge in [0.05, 0.1) is 0 Å². The fourth-order valence-corrected chi connectivity index (χ4v) is 3.08. The van der Waals surface area contributed by atoms with Gasteiger partial charge in [0, 0.05) is 39.5 Å². The molecule has 27 heavy (non-hydrogen) atoms. The van der Waals surface area contributed by atoms with Crippen molar-refractivity contribution in [3.8, 4) is 0 Å². The topological polar surface area (TPSA) is 93.0 Å². The van der Waals surface area contributed by atoms with E-state index in [9.17, 15) is 14.4 Å². The van der Waals surface area contributed by atoms with Gasteiger partial charge in [0.25, 0.3) is 5.56 Å². The monoisotopic (exact) mass is 377 g/mol. The van der Waals surface area contributed by atoms with E-state index in [1.165, 1.54) is 0 Å². The normalized spacial score (nSPS) is 11.5. The van der Waals surface area contributed by atoms with Crippen LogP contribution in [-0.2, 0) is 24.3 Å². The van der Waals surface area contributed by atoms with Gasteiger partial charge < -0.3 is 9.47 Å². The fraction of sp³-hybridized carbons (Fsp3) is 0.684. The third-order valence-electron chi connectivity index (χ3n) is 4.71. The molecule has 8 nitrogen and oxygen atoms in total. The molecule has 150 valence electrons. The number of carbonyl (C=O) groups excluding carboxylic acids is 1. The van der Waals surface area contributed by atoms with E-state index < -0.39 is 11.2 Å². The van der Waals surface area contributed by atoms with E-state index in [0.717, 1.165) is 12.8 Å².